The number of rotatable bonds is 8. The second-order valence-electron chi connectivity index (χ2n) is 8.55. The molecule has 2 amide bonds. The number of carbonyl (C=O) groups is 3. The van der Waals surface area contributed by atoms with Gasteiger partial charge >= 0.3 is 5.97 Å². The van der Waals surface area contributed by atoms with Crippen LogP contribution in [0.3, 0.4) is 0 Å². The van der Waals surface area contributed by atoms with Crippen LogP contribution in [0.4, 0.5) is 10.7 Å². The fourth-order valence-corrected chi connectivity index (χ4v) is 5.78. The summed E-state index contributed by atoms with van der Waals surface area (Å²) in [6.45, 7) is 5.58. The van der Waals surface area contributed by atoms with E-state index in [1.165, 1.54) is 22.7 Å². The summed E-state index contributed by atoms with van der Waals surface area (Å²) in [4.78, 5) is 43.2. The Bertz CT molecular complexity index is 1230. The number of ether oxygens (including phenoxy) is 1. The van der Waals surface area contributed by atoms with Crippen molar-refractivity contribution in [2.24, 2.45) is 5.92 Å². The summed E-state index contributed by atoms with van der Waals surface area (Å²) in [6.07, 6.45) is 2.87. The van der Waals surface area contributed by atoms with Gasteiger partial charge in [0.1, 0.15) is 16.6 Å². The third-order valence-corrected chi connectivity index (χ3v) is 7.67. The monoisotopic (exact) mass is 497 g/mol. The van der Waals surface area contributed by atoms with E-state index in [-0.39, 0.29) is 30.8 Å². The van der Waals surface area contributed by atoms with Crippen LogP contribution in [-0.4, -0.2) is 22.8 Å². The first-order valence-electron chi connectivity index (χ1n) is 11.2. The molecule has 7 nitrogen and oxygen atoms in total. The average Bonchev–Trinajstić information content (AvgIpc) is 3.50. The second-order valence-corrected chi connectivity index (χ2v) is 10.6. The number of nitrogens with one attached hydrogen (secondary N) is 2. The first-order valence-corrected chi connectivity index (χ1v) is 12.9. The maximum Gasteiger partial charge on any atom is 0.341 e. The van der Waals surface area contributed by atoms with E-state index in [1.54, 1.807) is 5.38 Å². The van der Waals surface area contributed by atoms with Gasteiger partial charge < -0.3 is 15.4 Å². The maximum absolute atomic E-state index is 13.0. The zero-order valence-electron chi connectivity index (χ0n) is 19.4. The molecule has 9 heteroatoms. The van der Waals surface area contributed by atoms with E-state index in [1.807, 2.05) is 45.0 Å². The summed E-state index contributed by atoms with van der Waals surface area (Å²) in [7, 11) is 0. The van der Waals surface area contributed by atoms with Crippen molar-refractivity contribution >= 4 is 51.1 Å². The van der Waals surface area contributed by atoms with Crippen LogP contribution in [0.2, 0.25) is 0 Å². The topological polar surface area (TPSA) is 97.4 Å². The van der Waals surface area contributed by atoms with Crippen LogP contribution in [0.15, 0.2) is 29.6 Å². The van der Waals surface area contributed by atoms with Crippen molar-refractivity contribution < 1.29 is 19.1 Å². The van der Waals surface area contributed by atoms with Crippen molar-refractivity contribution in [3.8, 4) is 0 Å². The molecule has 0 fully saturated rings. The highest BCUT2D eigenvalue weighted by Gasteiger charge is 2.29. The van der Waals surface area contributed by atoms with Crippen LogP contribution in [0.1, 0.15) is 57.3 Å². The Hall–Kier alpha value is -3.04. The summed E-state index contributed by atoms with van der Waals surface area (Å²) < 4.78 is 5.57. The lowest BCUT2D eigenvalue weighted by atomic mass is 10.1. The normalized spacial score (nSPS) is 12.5. The summed E-state index contributed by atoms with van der Waals surface area (Å²) in [6, 6.07) is 7.60. The lowest BCUT2D eigenvalue weighted by molar-refractivity contribution is -0.119. The lowest BCUT2D eigenvalue weighted by Crippen LogP contribution is -2.19. The Morgan fingerprint density at radius 1 is 1.15 bits per heavy atom. The third kappa shape index (κ3) is 5.53. The number of nitrogens with zero attached hydrogens (tertiary/aromatic N) is 1. The Balaban J connectivity index is 1.37. The highest BCUT2D eigenvalue weighted by Crippen LogP contribution is 2.39. The molecule has 0 radical (unpaired) electrons. The first kappa shape index (κ1) is 24.1. The zero-order valence-corrected chi connectivity index (χ0v) is 21.0. The Morgan fingerprint density at radius 2 is 1.94 bits per heavy atom. The number of aromatic nitrogens is 1. The van der Waals surface area contributed by atoms with Gasteiger partial charge in [0.05, 0.1) is 17.7 Å². The molecule has 0 bridgehead atoms. The standard InChI is InChI=1S/C25H27N3O4S2/c1-14(2)23(30)28-24-22(17-8-6-10-19(17)34-24)25(31)32-12-16-13-33-21(26-16)11-20(29)27-18-9-5-4-7-15(18)3/h4-5,7,9,13-14H,6,8,10-12H2,1-3H3,(H,27,29)(H,28,30). The molecule has 3 aromatic rings. The Morgan fingerprint density at radius 3 is 2.71 bits per heavy atom. The molecular formula is C25H27N3O4S2. The van der Waals surface area contributed by atoms with E-state index in [9.17, 15) is 14.4 Å². The van der Waals surface area contributed by atoms with Crippen molar-refractivity contribution in [2.45, 2.75) is 53.1 Å². The zero-order chi connectivity index (χ0) is 24.2. The number of thiophene rings is 1. The van der Waals surface area contributed by atoms with Crippen LogP contribution in [0.25, 0.3) is 0 Å². The van der Waals surface area contributed by atoms with Gasteiger partial charge in [0.25, 0.3) is 0 Å². The maximum atomic E-state index is 13.0. The van der Waals surface area contributed by atoms with Crippen molar-refractivity contribution in [3.05, 3.63) is 61.9 Å². The fourth-order valence-electron chi connectivity index (χ4n) is 3.72. The summed E-state index contributed by atoms with van der Waals surface area (Å²) in [5.74, 6) is -0.906. The molecule has 2 heterocycles. The minimum absolute atomic E-state index is 0.0108. The molecule has 1 aromatic carbocycles. The minimum Gasteiger partial charge on any atom is -0.455 e. The van der Waals surface area contributed by atoms with Crippen molar-refractivity contribution in [3.63, 3.8) is 0 Å². The van der Waals surface area contributed by atoms with E-state index < -0.39 is 5.97 Å². The van der Waals surface area contributed by atoms with Crippen LogP contribution in [-0.2, 0) is 40.2 Å². The molecule has 0 unspecified atom stereocenters. The third-order valence-electron chi connectivity index (χ3n) is 5.57. The van der Waals surface area contributed by atoms with Gasteiger partial charge in [-0.05, 0) is 43.4 Å². The number of hydrogen-bond acceptors (Lipinski definition) is 7. The number of fused-ring (bicyclic) bond motifs is 1. The molecule has 34 heavy (non-hydrogen) atoms. The number of amides is 2. The molecule has 2 aromatic heterocycles. The molecule has 1 aliphatic rings. The number of esters is 1. The number of aryl methyl sites for hydroxylation is 2. The van der Waals surface area contributed by atoms with Gasteiger partial charge in [0, 0.05) is 21.9 Å². The smallest absolute Gasteiger partial charge is 0.341 e. The lowest BCUT2D eigenvalue weighted by Gasteiger charge is -2.10. The molecule has 4 rings (SSSR count). The number of benzene rings is 1. The van der Waals surface area contributed by atoms with E-state index in [2.05, 4.69) is 15.6 Å². The Kier molecular flexibility index (Phi) is 7.43. The Labute approximate surface area is 206 Å². The molecule has 0 saturated carbocycles. The van der Waals surface area contributed by atoms with Gasteiger partial charge in [0.15, 0.2) is 0 Å². The molecule has 0 atom stereocenters. The largest absolute Gasteiger partial charge is 0.455 e. The fraction of sp³-hybridized carbons (Fsp3) is 0.360. The minimum atomic E-state index is -0.453. The van der Waals surface area contributed by atoms with Gasteiger partial charge in [-0.15, -0.1) is 22.7 Å². The predicted octanol–water partition coefficient (Wildman–Crippen LogP) is 5.13. The number of thiazole rings is 1. The molecule has 0 saturated heterocycles. The quantitative estimate of drug-likeness (QED) is 0.420. The summed E-state index contributed by atoms with van der Waals surface area (Å²) in [5.41, 5.74) is 3.82. The van der Waals surface area contributed by atoms with Gasteiger partial charge in [-0.1, -0.05) is 32.0 Å². The van der Waals surface area contributed by atoms with Crippen LogP contribution in [0, 0.1) is 12.8 Å². The molecule has 0 aliphatic heterocycles. The number of para-hydroxylation sites is 1. The predicted molar refractivity (Wildman–Crippen MR) is 135 cm³/mol. The second kappa shape index (κ2) is 10.5. The van der Waals surface area contributed by atoms with Crippen molar-refractivity contribution in [1.29, 1.82) is 0 Å². The van der Waals surface area contributed by atoms with E-state index in [0.717, 1.165) is 41.0 Å². The van der Waals surface area contributed by atoms with Gasteiger partial charge in [-0.3, -0.25) is 9.59 Å². The van der Waals surface area contributed by atoms with Crippen LogP contribution in [0.5, 0.6) is 0 Å². The first-order chi connectivity index (χ1) is 16.3. The van der Waals surface area contributed by atoms with Crippen molar-refractivity contribution in [1.82, 2.24) is 4.98 Å². The van der Waals surface area contributed by atoms with Gasteiger partial charge in [-0.25, -0.2) is 9.78 Å². The molecular weight excluding hydrogens is 470 g/mol. The van der Waals surface area contributed by atoms with Crippen LogP contribution < -0.4 is 10.6 Å². The van der Waals surface area contributed by atoms with E-state index in [4.69, 9.17) is 4.74 Å². The number of carbonyl (C=O) groups excluding carboxylic acids is 3. The van der Waals surface area contributed by atoms with E-state index in [0.29, 0.717) is 21.3 Å². The van der Waals surface area contributed by atoms with Crippen molar-refractivity contribution in [2.75, 3.05) is 10.6 Å². The summed E-state index contributed by atoms with van der Waals surface area (Å²) in [5, 5.41) is 8.80. The SMILES string of the molecule is Cc1ccccc1NC(=O)Cc1nc(COC(=O)c2c(NC(=O)C(C)C)sc3c2CCC3)cs1. The van der Waals surface area contributed by atoms with Gasteiger partial charge in [-0.2, -0.15) is 0 Å². The highest BCUT2D eigenvalue weighted by atomic mass is 32.1. The van der Waals surface area contributed by atoms with E-state index >= 15 is 0 Å². The highest BCUT2D eigenvalue weighted by molar-refractivity contribution is 7.17. The molecule has 2 N–H and O–H groups in total. The average molecular weight is 498 g/mol. The van der Waals surface area contributed by atoms with Crippen LogP contribution >= 0.6 is 22.7 Å². The van der Waals surface area contributed by atoms with Gasteiger partial charge in [0.2, 0.25) is 11.8 Å². The molecule has 178 valence electrons. The number of hydrogen-bond donors (Lipinski definition) is 2. The number of anilines is 2. The molecule has 0 spiro atoms. The molecule has 1 aliphatic carbocycles. The summed E-state index contributed by atoms with van der Waals surface area (Å²) >= 11 is 2.82.